The molecule has 0 radical (unpaired) electrons. The lowest BCUT2D eigenvalue weighted by molar-refractivity contribution is -0.124. The van der Waals surface area contributed by atoms with Crippen molar-refractivity contribution in [1.29, 1.82) is 0 Å². The van der Waals surface area contributed by atoms with E-state index in [4.69, 9.17) is 0 Å². The van der Waals surface area contributed by atoms with Gasteiger partial charge in [0.25, 0.3) is 5.91 Å². The van der Waals surface area contributed by atoms with Gasteiger partial charge in [0.05, 0.1) is 12.6 Å². The minimum atomic E-state index is -0.356. The van der Waals surface area contributed by atoms with Crippen molar-refractivity contribution in [1.82, 2.24) is 24.9 Å². The molecular formula is C18H21N7O2. The summed E-state index contributed by atoms with van der Waals surface area (Å²) in [5.74, 6) is 1.23. The first kappa shape index (κ1) is 16.2. The minimum absolute atomic E-state index is 0.0816. The maximum atomic E-state index is 11.9. The van der Waals surface area contributed by atoms with Crippen molar-refractivity contribution in [3.63, 3.8) is 0 Å². The van der Waals surface area contributed by atoms with Crippen LogP contribution >= 0.6 is 0 Å². The van der Waals surface area contributed by atoms with Crippen LogP contribution in [0.3, 0.4) is 0 Å². The highest BCUT2D eigenvalue weighted by molar-refractivity contribution is 6.15. The van der Waals surface area contributed by atoms with Crippen LogP contribution in [-0.4, -0.2) is 43.5 Å². The number of hydrogen-bond donors (Lipinski definition) is 3. The average Bonchev–Trinajstić information content (AvgIpc) is 3.53. The second kappa shape index (κ2) is 6.04. The fourth-order valence-electron chi connectivity index (χ4n) is 3.29. The molecule has 2 saturated carbocycles. The Balaban J connectivity index is 1.54. The first-order valence-electron chi connectivity index (χ1n) is 9.40. The lowest BCUT2D eigenvalue weighted by atomic mass is 10.1. The van der Waals surface area contributed by atoms with Crippen LogP contribution in [0.1, 0.15) is 44.6 Å². The molecule has 0 spiro atoms. The Labute approximate surface area is 155 Å². The van der Waals surface area contributed by atoms with Gasteiger partial charge in [-0.3, -0.25) is 14.9 Å². The van der Waals surface area contributed by atoms with Crippen molar-refractivity contribution in [2.75, 3.05) is 10.6 Å². The van der Waals surface area contributed by atoms with Crippen molar-refractivity contribution in [3.8, 4) is 0 Å². The molecule has 2 amide bonds. The molecule has 1 unspecified atom stereocenters. The number of amides is 2. The number of hydrogen-bond acceptors (Lipinski definition) is 7. The highest BCUT2D eigenvalue weighted by Crippen LogP contribution is 2.34. The van der Waals surface area contributed by atoms with Gasteiger partial charge in [-0.15, -0.1) is 0 Å². The summed E-state index contributed by atoms with van der Waals surface area (Å²) in [4.78, 5) is 32.6. The number of nitrogens with zero attached hydrogens (tertiary/aromatic N) is 4. The van der Waals surface area contributed by atoms with Crippen molar-refractivity contribution >= 4 is 35.4 Å². The van der Waals surface area contributed by atoms with Crippen LogP contribution in [-0.2, 0) is 9.59 Å². The first-order valence-corrected chi connectivity index (χ1v) is 9.40. The highest BCUT2D eigenvalue weighted by Gasteiger charge is 2.29. The van der Waals surface area contributed by atoms with Gasteiger partial charge in [0, 0.05) is 23.2 Å². The standard InChI is InChI=1S/C18H21N7O2/c1-9(10-2-3-10)20-17-23-15-12(6-11-7-14(26)22-16(11)27)8-19-25(15)18(24-17)21-13-4-5-13/h6,8-10,13H,2-5,7H2,1H3,(H,22,26,27)(H2,20,21,23,24). The van der Waals surface area contributed by atoms with Crippen LogP contribution in [0.25, 0.3) is 11.7 Å². The van der Waals surface area contributed by atoms with E-state index in [0.29, 0.717) is 46.7 Å². The molecule has 140 valence electrons. The van der Waals surface area contributed by atoms with E-state index in [0.717, 1.165) is 12.8 Å². The molecule has 1 saturated heterocycles. The fraction of sp³-hybridized carbons (Fsp3) is 0.500. The van der Waals surface area contributed by atoms with Gasteiger partial charge in [0.2, 0.25) is 17.8 Å². The van der Waals surface area contributed by atoms with E-state index in [1.54, 1.807) is 16.8 Å². The molecule has 9 heteroatoms. The van der Waals surface area contributed by atoms with E-state index >= 15 is 0 Å². The SMILES string of the molecule is CC(Nc1nc(NC2CC2)n2ncc(C=C3CC(=O)NC3=O)c2n1)C1CC1. The molecule has 2 aromatic rings. The molecule has 3 heterocycles. The Morgan fingerprint density at radius 1 is 1.26 bits per heavy atom. The molecular weight excluding hydrogens is 346 g/mol. The molecule has 2 aromatic heterocycles. The molecule has 27 heavy (non-hydrogen) atoms. The summed E-state index contributed by atoms with van der Waals surface area (Å²) in [6.07, 6.45) is 8.12. The summed E-state index contributed by atoms with van der Waals surface area (Å²) in [5.41, 5.74) is 1.72. The third kappa shape index (κ3) is 3.24. The Morgan fingerprint density at radius 2 is 2.07 bits per heavy atom. The van der Waals surface area contributed by atoms with E-state index in [1.165, 1.54) is 12.8 Å². The number of imide groups is 1. The number of carbonyl (C=O) groups is 2. The van der Waals surface area contributed by atoms with Crippen LogP contribution in [0.15, 0.2) is 11.8 Å². The molecule has 9 nitrogen and oxygen atoms in total. The summed E-state index contributed by atoms with van der Waals surface area (Å²) in [5, 5.41) is 13.5. The molecule has 3 aliphatic rings. The first-order chi connectivity index (χ1) is 13.1. The average molecular weight is 367 g/mol. The predicted octanol–water partition coefficient (Wildman–Crippen LogP) is 1.34. The van der Waals surface area contributed by atoms with E-state index in [1.807, 2.05) is 0 Å². The van der Waals surface area contributed by atoms with E-state index in [-0.39, 0.29) is 18.2 Å². The fourth-order valence-corrected chi connectivity index (χ4v) is 3.29. The quantitative estimate of drug-likeness (QED) is 0.521. The molecule has 0 bridgehead atoms. The van der Waals surface area contributed by atoms with Crippen molar-refractivity contribution in [2.24, 2.45) is 5.92 Å². The third-order valence-corrected chi connectivity index (χ3v) is 5.22. The topological polar surface area (TPSA) is 113 Å². The third-order valence-electron chi connectivity index (χ3n) is 5.22. The van der Waals surface area contributed by atoms with Crippen molar-refractivity contribution < 1.29 is 9.59 Å². The number of aromatic nitrogens is 4. The van der Waals surface area contributed by atoms with Gasteiger partial charge < -0.3 is 10.6 Å². The number of fused-ring (bicyclic) bond motifs is 1. The highest BCUT2D eigenvalue weighted by atomic mass is 16.2. The van der Waals surface area contributed by atoms with Crippen LogP contribution in [0, 0.1) is 5.92 Å². The number of rotatable bonds is 6. The van der Waals surface area contributed by atoms with Gasteiger partial charge in [0.15, 0.2) is 5.65 Å². The van der Waals surface area contributed by atoms with Crippen molar-refractivity contribution in [2.45, 2.75) is 51.1 Å². The molecule has 0 aromatic carbocycles. The zero-order chi connectivity index (χ0) is 18.5. The van der Waals surface area contributed by atoms with Gasteiger partial charge >= 0.3 is 0 Å². The maximum absolute atomic E-state index is 11.9. The smallest absolute Gasteiger partial charge is 0.254 e. The molecule has 2 aliphatic carbocycles. The number of carbonyl (C=O) groups excluding carboxylic acids is 2. The van der Waals surface area contributed by atoms with Gasteiger partial charge in [0.1, 0.15) is 0 Å². The summed E-state index contributed by atoms with van der Waals surface area (Å²) in [6.45, 7) is 2.15. The predicted molar refractivity (Wildman–Crippen MR) is 99.0 cm³/mol. The van der Waals surface area contributed by atoms with Crippen LogP contribution in [0.5, 0.6) is 0 Å². The summed E-state index contributed by atoms with van der Waals surface area (Å²) in [7, 11) is 0. The number of nitrogens with one attached hydrogen (secondary N) is 3. The van der Waals surface area contributed by atoms with E-state index in [2.05, 4.69) is 37.9 Å². The minimum Gasteiger partial charge on any atom is -0.351 e. The number of anilines is 2. The van der Waals surface area contributed by atoms with Gasteiger partial charge in [-0.1, -0.05) is 0 Å². The van der Waals surface area contributed by atoms with Crippen LogP contribution < -0.4 is 16.0 Å². The Bertz CT molecular complexity index is 971. The second-order valence-corrected chi connectivity index (χ2v) is 7.62. The summed E-state index contributed by atoms with van der Waals surface area (Å²) >= 11 is 0. The van der Waals surface area contributed by atoms with Gasteiger partial charge in [-0.2, -0.15) is 19.6 Å². The normalized spacial score (nSPS) is 22.3. The molecule has 5 rings (SSSR count). The Hall–Kier alpha value is -2.97. The van der Waals surface area contributed by atoms with Crippen molar-refractivity contribution in [3.05, 3.63) is 17.3 Å². The maximum Gasteiger partial charge on any atom is 0.254 e. The lowest BCUT2D eigenvalue weighted by Gasteiger charge is -2.14. The second-order valence-electron chi connectivity index (χ2n) is 7.62. The largest absolute Gasteiger partial charge is 0.351 e. The monoisotopic (exact) mass is 367 g/mol. The lowest BCUT2D eigenvalue weighted by Crippen LogP contribution is -2.21. The molecule has 1 atom stereocenters. The molecule has 3 fully saturated rings. The summed E-state index contributed by atoms with van der Waals surface area (Å²) < 4.78 is 1.66. The van der Waals surface area contributed by atoms with Gasteiger partial charge in [-0.05, 0) is 44.6 Å². The summed E-state index contributed by atoms with van der Waals surface area (Å²) in [6, 6.07) is 0.727. The van der Waals surface area contributed by atoms with E-state index in [9.17, 15) is 9.59 Å². The Kier molecular flexibility index (Phi) is 3.63. The zero-order valence-electron chi connectivity index (χ0n) is 15.0. The zero-order valence-corrected chi connectivity index (χ0v) is 15.0. The molecule has 3 N–H and O–H groups in total. The van der Waals surface area contributed by atoms with Gasteiger partial charge in [-0.25, -0.2) is 0 Å². The van der Waals surface area contributed by atoms with Crippen LogP contribution in [0.2, 0.25) is 0 Å². The van der Waals surface area contributed by atoms with Crippen LogP contribution in [0.4, 0.5) is 11.9 Å². The van der Waals surface area contributed by atoms with E-state index < -0.39 is 0 Å². The Morgan fingerprint density at radius 3 is 2.74 bits per heavy atom. The molecule has 1 aliphatic heterocycles.